The van der Waals surface area contributed by atoms with Crippen LogP contribution in [0.3, 0.4) is 0 Å². The minimum atomic E-state index is -2.93. The van der Waals surface area contributed by atoms with Gasteiger partial charge in [-0.1, -0.05) is 6.07 Å². The van der Waals surface area contributed by atoms with Crippen molar-refractivity contribution < 1.29 is 32.5 Å². The molecule has 3 aromatic carbocycles. The van der Waals surface area contributed by atoms with Crippen LogP contribution in [0.5, 0.6) is 23.0 Å². The molecule has 10 heteroatoms. The second-order valence-electron chi connectivity index (χ2n) is 9.60. The minimum Gasteiger partial charge on any atom is -0.487 e. The highest BCUT2D eigenvalue weighted by atomic mass is 19.3. The molecule has 6 rings (SSSR count). The van der Waals surface area contributed by atoms with Crippen LogP contribution in [0.25, 0.3) is 22.4 Å². The third kappa shape index (κ3) is 4.60. The van der Waals surface area contributed by atoms with Crippen LogP contribution in [0, 0.1) is 0 Å². The van der Waals surface area contributed by atoms with Crippen LogP contribution in [0.15, 0.2) is 66.9 Å². The van der Waals surface area contributed by atoms with Crippen molar-refractivity contribution in [1.29, 1.82) is 0 Å². The number of carbonyl (C=O) groups excluding carboxylic acids is 1. The smallest absolute Gasteiger partial charge is 0.387 e. The highest BCUT2D eigenvalue weighted by Gasteiger charge is 2.30. The van der Waals surface area contributed by atoms with Crippen LogP contribution in [-0.4, -0.2) is 34.8 Å². The average Bonchev–Trinajstić information content (AvgIpc) is 3.59. The van der Waals surface area contributed by atoms with E-state index in [-0.39, 0.29) is 18.1 Å². The number of benzene rings is 3. The lowest BCUT2D eigenvalue weighted by molar-refractivity contribution is -0.0498. The van der Waals surface area contributed by atoms with Crippen molar-refractivity contribution in [2.75, 3.05) is 12.1 Å². The molecule has 1 amide bonds. The van der Waals surface area contributed by atoms with Gasteiger partial charge in [0.1, 0.15) is 22.8 Å². The molecule has 1 aromatic heterocycles. The van der Waals surface area contributed by atoms with Crippen molar-refractivity contribution in [3.05, 3.63) is 72.4 Å². The summed E-state index contributed by atoms with van der Waals surface area (Å²) in [4.78, 5) is 13.2. The molecule has 0 saturated carbocycles. The fourth-order valence-electron chi connectivity index (χ4n) is 4.63. The molecular formula is C28H23F2N3O5. The molecule has 0 fully saturated rings. The molecule has 2 aliphatic heterocycles. The van der Waals surface area contributed by atoms with Gasteiger partial charge in [-0.15, -0.1) is 0 Å². The van der Waals surface area contributed by atoms with Crippen LogP contribution >= 0.6 is 0 Å². The van der Waals surface area contributed by atoms with E-state index in [0.29, 0.717) is 34.0 Å². The van der Waals surface area contributed by atoms with Crippen molar-refractivity contribution in [3.63, 3.8) is 0 Å². The molecule has 3 heterocycles. The van der Waals surface area contributed by atoms with Gasteiger partial charge in [-0.05, 0) is 74.0 Å². The predicted octanol–water partition coefficient (Wildman–Crippen LogP) is 6.34. The molecule has 0 unspecified atom stereocenters. The first-order chi connectivity index (χ1) is 18.2. The number of nitrogens with zero attached hydrogens (tertiary/aromatic N) is 2. The van der Waals surface area contributed by atoms with E-state index in [4.69, 9.17) is 14.2 Å². The number of alkyl halides is 2. The van der Waals surface area contributed by atoms with Gasteiger partial charge in [0.2, 0.25) is 6.79 Å². The first kappa shape index (κ1) is 23.8. The van der Waals surface area contributed by atoms with Crippen molar-refractivity contribution in [1.82, 2.24) is 9.78 Å². The van der Waals surface area contributed by atoms with E-state index in [9.17, 15) is 13.6 Å². The Balaban J connectivity index is 1.34. The number of fused-ring (bicyclic) bond motifs is 2. The van der Waals surface area contributed by atoms with Crippen LogP contribution < -0.4 is 24.3 Å². The Labute approximate surface area is 216 Å². The molecule has 38 heavy (non-hydrogen) atoms. The van der Waals surface area contributed by atoms with E-state index in [1.165, 1.54) is 16.8 Å². The Morgan fingerprint density at radius 2 is 1.74 bits per heavy atom. The van der Waals surface area contributed by atoms with E-state index in [1.807, 2.05) is 38.1 Å². The number of aromatic nitrogens is 2. The van der Waals surface area contributed by atoms with Gasteiger partial charge in [-0.3, -0.25) is 0 Å². The molecule has 194 valence electrons. The molecule has 2 aliphatic rings. The maximum atomic E-state index is 13.2. The van der Waals surface area contributed by atoms with Gasteiger partial charge in [0.05, 0.1) is 0 Å². The van der Waals surface area contributed by atoms with Gasteiger partial charge in [-0.2, -0.15) is 18.6 Å². The summed E-state index contributed by atoms with van der Waals surface area (Å²) in [6, 6.07) is 16.6. The molecule has 0 radical (unpaired) electrons. The second kappa shape index (κ2) is 9.05. The molecule has 0 saturated heterocycles. The normalized spacial score (nSPS) is 14.8. The van der Waals surface area contributed by atoms with Gasteiger partial charge in [0.25, 0.3) is 0 Å². The summed E-state index contributed by atoms with van der Waals surface area (Å²) in [7, 11) is 0. The maximum Gasteiger partial charge on any atom is 0.387 e. The van der Waals surface area contributed by atoms with E-state index in [1.54, 1.807) is 30.5 Å². The molecule has 0 spiro atoms. The molecule has 8 nitrogen and oxygen atoms in total. The molecule has 1 N–H and O–H groups in total. The van der Waals surface area contributed by atoms with Crippen LogP contribution in [0.4, 0.5) is 19.3 Å². The number of ether oxygens (including phenoxy) is 4. The first-order valence-electron chi connectivity index (χ1n) is 11.9. The number of carbonyl (C=O) groups is 1. The van der Waals surface area contributed by atoms with Gasteiger partial charge in [-0.25, -0.2) is 4.79 Å². The monoisotopic (exact) mass is 519 g/mol. The van der Waals surface area contributed by atoms with E-state index in [0.717, 1.165) is 23.3 Å². The fraction of sp³-hybridized carbons (Fsp3) is 0.214. The number of nitrogens with one attached hydrogen (secondary N) is 1. The Bertz CT molecular complexity index is 1530. The Morgan fingerprint density at radius 3 is 2.53 bits per heavy atom. The number of amides is 1. The third-order valence-corrected chi connectivity index (χ3v) is 6.27. The van der Waals surface area contributed by atoms with Crippen LogP contribution in [0.1, 0.15) is 19.4 Å². The SMILES string of the molecule is CC1(C)Cc2cc(NC(=O)n3cc(-c4ccc5c(c4)OCO5)c(-c4ccc(OC(F)F)cc4)n3)ccc2O1. The van der Waals surface area contributed by atoms with E-state index < -0.39 is 12.6 Å². The number of anilines is 1. The molecular weight excluding hydrogens is 496 g/mol. The Kier molecular flexibility index (Phi) is 5.67. The molecule has 0 bridgehead atoms. The zero-order valence-corrected chi connectivity index (χ0v) is 20.5. The fourth-order valence-corrected chi connectivity index (χ4v) is 4.63. The van der Waals surface area contributed by atoms with E-state index >= 15 is 0 Å². The second-order valence-corrected chi connectivity index (χ2v) is 9.60. The Morgan fingerprint density at radius 1 is 1.00 bits per heavy atom. The summed E-state index contributed by atoms with van der Waals surface area (Å²) in [6.07, 6.45) is 2.35. The number of halogens is 2. The predicted molar refractivity (Wildman–Crippen MR) is 135 cm³/mol. The summed E-state index contributed by atoms with van der Waals surface area (Å²) in [5.41, 5.74) is 3.82. The van der Waals surface area contributed by atoms with Crippen molar-refractivity contribution in [2.45, 2.75) is 32.5 Å². The summed E-state index contributed by atoms with van der Waals surface area (Å²) >= 11 is 0. The van der Waals surface area contributed by atoms with Crippen molar-refractivity contribution in [2.24, 2.45) is 0 Å². The highest BCUT2D eigenvalue weighted by Crippen LogP contribution is 2.39. The third-order valence-electron chi connectivity index (χ3n) is 6.27. The summed E-state index contributed by atoms with van der Waals surface area (Å²) in [6.45, 7) is 1.23. The standard InChI is InChI=1S/C28H23F2N3O5/c1-28(2)13-18-11-19(6-10-22(18)38-28)31-27(34)33-14-21(17-5-9-23-24(12-17)36-15-35-23)25(32-33)16-3-7-20(8-4-16)37-26(29)30/h3-12,14,26H,13,15H2,1-2H3,(H,31,34). The summed E-state index contributed by atoms with van der Waals surface area (Å²) in [5, 5.41) is 7.44. The highest BCUT2D eigenvalue weighted by molar-refractivity contribution is 5.93. The minimum absolute atomic E-state index is 0.0225. The number of rotatable bonds is 5. The lowest BCUT2D eigenvalue weighted by atomic mass is 10.0. The van der Waals surface area contributed by atoms with E-state index in [2.05, 4.69) is 15.2 Å². The lowest BCUT2D eigenvalue weighted by Gasteiger charge is -2.16. The average molecular weight is 520 g/mol. The summed E-state index contributed by atoms with van der Waals surface area (Å²) in [5.74, 6) is 2.03. The van der Waals surface area contributed by atoms with Crippen molar-refractivity contribution in [3.8, 4) is 45.4 Å². The lowest BCUT2D eigenvalue weighted by Crippen LogP contribution is -2.24. The quantitative estimate of drug-likeness (QED) is 0.331. The molecule has 0 atom stereocenters. The Hall–Kier alpha value is -4.60. The van der Waals surface area contributed by atoms with Crippen molar-refractivity contribution >= 4 is 11.7 Å². The maximum absolute atomic E-state index is 13.2. The van der Waals surface area contributed by atoms with Crippen LogP contribution in [0.2, 0.25) is 0 Å². The van der Waals surface area contributed by atoms with Gasteiger partial charge >= 0.3 is 12.6 Å². The van der Waals surface area contributed by atoms with Gasteiger partial charge in [0, 0.05) is 35.0 Å². The largest absolute Gasteiger partial charge is 0.487 e. The topological polar surface area (TPSA) is 83.8 Å². The zero-order valence-electron chi connectivity index (χ0n) is 20.5. The van der Waals surface area contributed by atoms with Crippen LogP contribution in [-0.2, 0) is 6.42 Å². The number of hydrogen-bond acceptors (Lipinski definition) is 6. The summed E-state index contributed by atoms with van der Waals surface area (Å²) < 4.78 is 47.7. The van der Waals surface area contributed by atoms with Gasteiger partial charge < -0.3 is 24.3 Å². The molecule has 0 aliphatic carbocycles. The number of hydrogen-bond donors (Lipinski definition) is 1. The van der Waals surface area contributed by atoms with Gasteiger partial charge in [0.15, 0.2) is 11.5 Å². The first-order valence-corrected chi connectivity index (χ1v) is 11.9. The molecule has 4 aromatic rings. The zero-order chi connectivity index (χ0) is 26.4.